The van der Waals surface area contributed by atoms with Crippen LogP contribution < -0.4 is 11.1 Å². The summed E-state index contributed by atoms with van der Waals surface area (Å²) in [6.07, 6.45) is 2.30. The van der Waals surface area contributed by atoms with Gasteiger partial charge in [-0.3, -0.25) is 9.69 Å². The molecule has 0 aromatic heterocycles. The zero-order valence-corrected chi connectivity index (χ0v) is 8.68. The molecule has 0 bridgehead atoms. The molecule has 1 amide bonds. The van der Waals surface area contributed by atoms with Crippen molar-refractivity contribution in [3.05, 3.63) is 0 Å². The molecule has 0 saturated carbocycles. The van der Waals surface area contributed by atoms with Crippen LogP contribution in [0.4, 0.5) is 0 Å². The number of unbranched alkanes of at least 4 members (excludes halogenated alkanes) is 1. The van der Waals surface area contributed by atoms with E-state index in [1.54, 1.807) is 0 Å². The quantitative estimate of drug-likeness (QED) is 0.580. The normalized spacial score (nSPS) is 10.5. The van der Waals surface area contributed by atoms with E-state index >= 15 is 0 Å². The molecule has 0 aliphatic rings. The molecule has 0 heterocycles. The fourth-order valence-corrected chi connectivity index (χ4v) is 1.02. The summed E-state index contributed by atoms with van der Waals surface area (Å²) in [6.45, 7) is 4.67. The van der Waals surface area contributed by atoms with Gasteiger partial charge in [0.1, 0.15) is 0 Å². The number of carbonyl (C=O) groups excluding carboxylic acids is 1. The van der Waals surface area contributed by atoms with Gasteiger partial charge in [0.2, 0.25) is 5.91 Å². The molecule has 0 spiro atoms. The van der Waals surface area contributed by atoms with Crippen LogP contribution in [0.1, 0.15) is 19.8 Å². The first-order valence-corrected chi connectivity index (χ1v) is 4.86. The lowest BCUT2D eigenvalue weighted by Crippen LogP contribution is -2.37. The third-order valence-corrected chi connectivity index (χ3v) is 1.77. The Labute approximate surface area is 80.5 Å². The smallest absolute Gasteiger partial charge is 0.234 e. The van der Waals surface area contributed by atoms with Crippen LogP contribution in [0.3, 0.4) is 0 Å². The van der Waals surface area contributed by atoms with Gasteiger partial charge in [0.25, 0.3) is 0 Å². The van der Waals surface area contributed by atoms with Gasteiger partial charge in [-0.15, -0.1) is 0 Å². The highest BCUT2D eigenvalue weighted by atomic mass is 16.2. The third kappa shape index (κ3) is 7.74. The maximum absolute atomic E-state index is 11.2. The van der Waals surface area contributed by atoms with Crippen LogP contribution in [0.2, 0.25) is 0 Å². The average molecular weight is 187 g/mol. The number of hydrogen-bond acceptors (Lipinski definition) is 3. The van der Waals surface area contributed by atoms with Crippen LogP contribution in [0.5, 0.6) is 0 Å². The van der Waals surface area contributed by atoms with Gasteiger partial charge in [0, 0.05) is 13.1 Å². The number of amides is 1. The second kappa shape index (κ2) is 8.01. The van der Waals surface area contributed by atoms with Crippen LogP contribution in [-0.4, -0.2) is 44.0 Å². The van der Waals surface area contributed by atoms with Gasteiger partial charge >= 0.3 is 0 Å². The zero-order valence-electron chi connectivity index (χ0n) is 8.68. The van der Waals surface area contributed by atoms with Crippen molar-refractivity contribution in [1.29, 1.82) is 0 Å². The van der Waals surface area contributed by atoms with Gasteiger partial charge in [-0.25, -0.2) is 0 Å². The van der Waals surface area contributed by atoms with Crippen molar-refractivity contribution in [3.63, 3.8) is 0 Å². The second-order valence-corrected chi connectivity index (χ2v) is 3.23. The molecule has 0 fully saturated rings. The van der Waals surface area contributed by atoms with Crippen molar-refractivity contribution in [2.75, 3.05) is 33.2 Å². The molecule has 78 valence electrons. The van der Waals surface area contributed by atoms with Gasteiger partial charge in [0.05, 0.1) is 6.54 Å². The van der Waals surface area contributed by atoms with Crippen molar-refractivity contribution in [3.8, 4) is 0 Å². The van der Waals surface area contributed by atoms with E-state index < -0.39 is 0 Å². The largest absolute Gasteiger partial charge is 0.354 e. The predicted molar refractivity (Wildman–Crippen MR) is 54.5 cm³/mol. The summed E-state index contributed by atoms with van der Waals surface area (Å²) in [5.41, 5.74) is 5.26. The van der Waals surface area contributed by atoms with Gasteiger partial charge in [0.15, 0.2) is 0 Å². The van der Waals surface area contributed by atoms with Crippen LogP contribution in [0.15, 0.2) is 0 Å². The van der Waals surface area contributed by atoms with Gasteiger partial charge in [-0.1, -0.05) is 13.3 Å². The summed E-state index contributed by atoms with van der Waals surface area (Å²) in [4.78, 5) is 13.2. The Morgan fingerprint density at radius 3 is 2.77 bits per heavy atom. The maximum Gasteiger partial charge on any atom is 0.234 e. The third-order valence-electron chi connectivity index (χ3n) is 1.77. The molecule has 13 heavy (non-hydrogen) atoms. The van der Waals surface area contributed by atoms with E-state index in [9.17, 15) is 4.79 Å². The minimum Gasteiger partial charge on any atom is -0.354 e. The van der Waals surface area contributed by atoms with Crippen LogP contribution in [0, 0.1) is 0 Å². The summed E-state index contributed by atoms with van der Waals surface area (Å²) >= 11 is 0. The Kier molecular flexibility index (Phi) is 7.63. The molecule has 0 radical (unpaired) electrons. The lowest BCUT2D eigenvalue weighted by molar-refractivity contribution is -0.121. The number of likely N-dealkylation sites (N-methyl/N-ethyl adjacent to an activating group) is 1. The minimum absolute atomic E-state index is 0.0593. The van der Waals surface area contributed by atoms with Crippen molar-refractivity contribution >= 4 is 5.91 Å². The van der Waals surface area contributed by atoms with Crippen molar-refractivity contribution in [2.45, 2.75) is 19.8 Å². The molecule has 0 aromatic rings. The molecule has 0 saturated heterocycles. The highest BCUT2D eigenvalue weighted by molar-refractivity contribution is 5.77. The molecular formula is C9H21N3O. The van der Waals surface area contributed by atoms with E-state index in [-0.39, 0.29) is 5.91 Å². The van der Waals surface area contributed by atoms with Gasteiger partial charge in [-0.2, -0.15) is 0 Å². The molecule has 0 aliphatic heterocycles. The number of nitrogens with two attached hydrogens (primary N) is 1. The summed E-state index contributed by atoms with van der Waals surface area (Å²) in [7, 11) is 1.96. The Hall–Kier alpha value is -0.610. The fourth-order valence-electron chi connectivity index (χ4n) is 1.02. The second-order valence-electron chi connectivity index (χ2n) is 3.23. The van der Waals surface area contributed by atoms with E-state index in [0.29, 0.717) is 19.6 Å². The molecule has 0 atom stereocenters. The Bertz CT molecular complexity index is 139. The Morgan fingerprint density at radius 1 is 1.54 bits per heavy atom. The maximum atomic E-state index is 11.2. The topological polar surface area (TPSA) is 58.4 Å². The van der Waals surface area contributed by atoms with E-state index in [2.05, 4.69) is 12.2 Å². The molecular weight excluding hydrogens is 166 g/mol. The zero-order chi connectivity index (χ0) is 10.1. The highest BCUT2D eigenvalue weighted by Crippen LogP contribution is 1.90. The van der Waals surface area contributed by atoms with Crippen molar-refractivity contribution < 1.29 is 4.79 Å². The first kappa shape index (κ1) is 12.4. The van der Waals surface area contributed by atoms with Crippen LogP contribution >= 0.6 is 0 Å². The predicted octanol–water partition coefficient (Wildman–Crippen LogP) is -0.207. The molecule has 3 N–H and O–H groups in total. The first-order chi connectivity index (χ1) is 6.20. The highest BCUT2D eigenvalue weighted by Gasteiger charge is 2.03. The lowest BCUT2D eigenvalue weighted by atomic mass is 10.3. The van der Waals surface area contributed by atoms with Crippen molar-refractivity contribution in [1.82, 2.24) is 10.2 Å². The van der Waals surface area contributed by atoms with E-state index in [1.165, 1.54) is 0 Å². The number of rotatable bonds is 7. The monoisotopic (exact) mass is 187 g/mol. The summed E-state index contributed by atoms with van der Waals surface area (Å²) in [5, 5.41) is 2.73. The summed E-state index contributed by atoms with van der Waals surface area (Å²) in [5.74, 6) is 0.0593. The Balaban J connectivity index is 3.41. The van der Waals surface area contributed by atoms with Crippen LogP contribution in [-0.2, 0) is 4.79 Å². The van der Waals surface area contributed by atoms with Crippen molar-refractivity contribution in [2.24, 2.45) is 5.73 Å². The summed E-state index contributed by atoms with van der Waals surface area (Å²) < 4.78 is 0. The fraction of sp³-hybridized carbons (Fsp3) is 0.889. The van der Waals surface area contributed by atoms with E-state index in [0.717, 1.165) is 19.4 Å². The number of nitrogens with one attached hydrogen (secondary N) is 1. The van der Waals surface area contributed by atoms with E-state index in [1.807, 2.05) is 11.9 Å². The molecule has 4 nitrogen and oxygen atoms in total. The number of hydrogen-bond donors (Lipinski definition) is 2. The minimum atomic E-state index is 0.0593. The molecule has 0 rings (SSSR count). The molecule has 0 aromatic carbocycles. The first-order valence-electron chi connectivity index (χ1n) is 4.86. The number of carbonyl (C=O) groups is 1. The SMILES string of the molecule is CCCCN(C)CC(=O)NCCN. The standard InChI is InChI=1S/C9H21N3O/c1-3-4-7-12(2)8-9(13)11-6-5-10/h3-8,10H2,1-2H3,(H,11,13). The number of nitrogens with zero attached hydrogens (tertiary/aromatic N) is 1. The van der Waals surface area contributed by atoms with E-state index in [4.69, 9.17) is 5.73 Å². The molecule has 0 unspecified atom stereocenters. The molecule has 0 aliphatic carbocycles. The Morgan fingerprint density at radius 2 is 2.23 bits per heavy atom. The summed E-state index contributed by atoms with van der Waals surface area (Å²) in [6, 6.07) is 0. The van der Waals surface area contributed by atoms with Crippen LogP contribution in [0.25, 0.3) is 0 Å². The molecule has 4 heteroatoms. The lowest BCUT2D eigenvalue weighted by Gasteiger charge is -2.15. The van der Waals surface area contributed by atoms with Gasteiger partial charge < -0.3 is 11.1 Å². The van der Waals surface area contributed by atoms with Gasteiger partial charge in [-0.05, 0) is 20.0 Å². The average Bonchev–Trinajstić information content (AvgIpc) is 2.11.